The van der Waals surface area contributed by atoms with E-state index in [1.165, 1.54) is 0 Å². The van der Waals surface area contributed by atoms with Gasteiger partial charge in [-0.05, 0) is 19.1 Å². The number of nitrogens with zero attached hydrogens (tertiary/aromatic N) is 4. The van der Waals surface area contributed by atoms with Gasteiger partial charge in [-0.15, -0.1) is 35.3 Å². The SMILES string of the molecule is CC(CN=C(N)N1CCN(c2nccs2)CC1)Oc1ccccc1.I. The summed E-state index contributed by atoms with van der Waals surface area (Å²) in [6, 6.07) is 9.78. The molecular weight excluding hydrogens is 449 g/mol. The molecule has 0 saturated carbocycles. The Hall–Kier alpha value is -1.55. The number of thiazole rings is 1. The summed E-state index contributed by atoms with van der Waals surface area (Å²) in [6.07, 6.45) is 1.83. The fraction of sp³-hybridized carbons (Fsp3) is 0.412. The van der Waals surface area contributed by atoms with Crippen molar-refractivity contribution in [1.29, 1.82) is 0 Å². The lowest BCUT2D eigenvalue weighted by Gasteiger charge is -2.35. The van der Waals surface area contributed by atoms with Gasteiger partial charge in [-0.1, -0.05) is 18.2 Å². The van der Waals surface area contributed by atoms with Crippen LogP contribution in [0.2, 0.25) is 0 Å². The number of para-hydroxylation sites is 1. The number of halogens is 1. The Morgan fingerprint density at radius 2 is 2.00 bits per heavy atom. The van der Waals surface area contributed by atoms with Gasteiger partial charge in [0.2, 0.25) is 0 Å². The highest BCUT2D eigenvalue weighted by molar-refractivity contribution is 14.0. The zero-order chi connectivity index (χ0) is 16.8. The molecule has 25 heavy (non-hydrogen) atoms. The number of hydrogen-bond acceptors (Lipinski definition) is 5. The molecule has 0 amide bonds. The molecule has 0 radical (unpaired) electrons. The van der Waals surface area contributed by atoms with E-state index < -0.39 is 0 Å². The zero-order valence-electron chi connectivity index (χ0n) is 14.2. The van der Waals surface area contributed by atoms with Crippen LogP contribution in [0.4, 0.5) is 5.13 Å². The summed E-state index contributed by atoms with van der Waals surface area (Å²) < 4.78 is 5.82. The van der Waals surface area contributed by atoms with Crippen molar-refractivity contribution in [3.05, 3.63) is 41.9 Å². The van der Waals surface area contributed by atoms with Gasteiger partial charge in [0.15, 0.2) is 11.1 Å². The van der Waals surface area contributed by atoms with E-state index in [0.29, 0.717) is 12.5 Å². The summed E-state index contributed by atoms with van der Waals surface area (Å²) in [5.74, 6) is 1.45. The van der Waals surface area contributed by atoms with Crippen molar-refractivity contribution in [1.82, 2.24) is 9.88 Å². The van der Waals surface area contributed by atoms with Gasteiger partial charge in [0.25, 0.3) is 0 Å². The summed E-state index contributed by atoms with van der Waals surface area (Å²) in [7, 11) is 0. The summed E-state index contributed by atoms with van der Waals surface area (Å²) in [5, 5.41) is 3.08. The summed E-state index contributed by atoms with van der Waals surface area (Å²) in [4.78, 5) is 13.3. The second-order valence-electron chi connectivity index (χ2n) is 5.73. The minimum absolute atomic E-state index is 0. The molecule has 6 nitrogen and oxygen atoms in total. The van der Waals surface area contributed by atoms with Crippen LogP contribution in [0.1, 0.15) is 6.92 Å². The predicted molar refractivity (Wildman–Crippen MR) is 114 cm³/mol. The molecule has 1 saturated heterocycles. The van der Waals surface area contributed by atoms with Crippen molar-refractivity contribution in [3.63, 3.8) is 0 Å². The minimum atomic E-state index is -0.0115. The number of guanidine groups is 1. The van der Waals surface area contributed by atoms with Crippen molar-refractivity contribution in [2.24, 2.45) is 10.7 Å². The molecular formula is C17H24IN5OS. The molecule has 1 aliphatic rings. The highest BCUT2D eigenvalue weighted by atomic mass is 127. The Labute approximate surface area is 169 Å². The quantitative estimate of drug-likeness (QED) is 0.411. The molecule has 1 fully saturated rings. The van der Waals surface area contributed by atoms with Crippen molar-refractivity contribution in [2.75, 3.05) is 37.6 Å². The van der Waals surface area contributed by atoms with E-state index in [0.717, 1.165) is 37.1 Å². The maximum Gasteiger partial charge on any atom is 0.191 e. The van der Waals surface area contributed by atoms with E-state index >= 15 is 0 Å². The van der Waals surface area contributed by atoms with Gasteiger partial charge in [0.1, 0.15) is 11.9 Å². The van der Waals surface area contributed by atoms with Gasteiger partial charge in [-0.2, -0.15) is 0 Å². The van der Waals surface area contributed by atoms with E-state index in [1.807, 2.05) is 48.8 Å². The average Bonchev–Trinajstić information content (AvgIpc) is 3.15. The lowest BCUT2D eigenvalue weighted by molar-refractivity contribution is 0.229. The molecule has 1 aliphatic heterocycles. The van der Waals surface area contributed by atoms with Gasteiger partial charge in [-0.25, -0.2) is 9.98 Å². The molecule has 0 spiro atoms. The van der Waals surface area contributed by atoms with Gasteiger partial charge in [0, 0.05) is 37.8 Å². The van der Waals surface area contributed by atoms with Crippen molar-refractivity contribution in [2.45, 2.75) is 13.0 Å². The van der Waals surface area contributed by atoms with Crippen LogP contribution in [0.5, 0.6) is 5.75 Å². The molecule has 3 rings (SSSR count). The van der Waals surface area contributed by atoms with E-state index in [1.54, 1.807) is 11.3 Å². The number of anilines is 1. The van der Waals surface area contributed by atoms with Crippen molar-refractivity contribution in [3.8, 4) is 5.75 Å². The van der Waals surface area contributed by atoms with Crippen LogP contribution >= 0.6 is 35.3 Å². The standard InChI is InChI=1S/C17H23N5OS.HI/c1-14(23-15-5-3-2-4-6-15)13-20-16(18)21-8-10-22(11-9-21)17-19-7-12-24-17;/h2-7,12,14H,8-11,13H2,1H3,(H2,18,20);1H. The normalized spacial score (nSPS) is 16.3. The van der Waals surface area contributed by atoms with E-state index in [9.17, 15) is 0 Å². The summed E-state index contributed by atoms with van der Waals surface area (Å²) in [5.41, 5.74) is 6.14. The fourth-order valence-electron chi connectivity index (χ4n) is 2.59. The third-order valence-corrected chi connectivity index (χ3v) is 4.72. The first-order valence-electron chi connectivity index (χ1n) is 8.13. The molecule has 1 atom stereocenters. The minimum Gasteiger partial charge on any atom is -0.489 e. The molecule has 1 aromatic heterocycles. The molecule has 0 aliphatic carbocycles. The lowest BCUT2D eigenvalue weighted by Crippen LogP contribution is -2.51. The molecule has 2 aromatic rings. The number of rotatable bonds is 5. The van der Waals surface area contributed by atoms with E-state index in [4.69, 9.17) is 10.5 Å². The van der Waals surface area contributed by atoms with E-state index in [-0.39, 0.29) is 30.1 Å². The fourth-order valence-corrected chi connectivity index (χ4v) is 3.29. The van der Waals surface area contributed by atoms with E-state index in [2.05, 4.69) is 19.8 Å². The number of benzene rings is 1. The molecule has 8 heteroatoms. The number of piperazine rings is 1. The highest BCUT2D eigenvalue weighted by Crippen LogP contribution is 2.18. The predicted octanol–water partition coefficient (Wildman–Crippen LogP) is 2.67. The Morgan fingerprint density at radius 3 is 2.64 bits per heavy atom. The monoisotopic (exact) mass is 473 g/mol. The molecule has 2 N–H and O–H groups in total. The van der Waals surface area contributed by atoms with Gasteiger partial charge < -0.3 is 20.3 Å². The summed E-state index contributed by atoms with van der Waals surface area (Å²) in [6.45, 7) is 6.11. The smallest absolute Gasteiger partial charge is 0.191 e. The van der Waals surface area contributed by atoms with Crippen molar-refractivity contribution >= 4 is 46.4 Å². The van der Waals surface area contributed by atoms with Gasteiger partial charge >= 0.3 is 0 Å². The zero-order valence-corrected chi connectivity index (χ0v) is 17.4. The number of hydrogen-bond donors (Lipinski definition) is 1. The van der Waals surface area contributed by atoms with Crippen LogP contribution in [-0.4, -0.2) is 54.7 Å². The van der Waals surface area contributed by atoms with Crippen LogP contribution in [0.15, 0.2) is 46.9 Å². The second kappa shape index (κ2) is 9.81. The maximum absolute atomic E-state index is 6.14. The average molecular weight is 473 g/mol. The first-order valence-corrected chi connectivity index (χ1v) is 9.01. The van der Waals surface area contributed by atoms with Gasteiger partial charge in [0.05, 0.1) is 6.54 Å². The molecule has 0 bridgehead atoms. The highest BCUT2D eigenvalue weighted by Gasteiger charge is 2.19. The lowest BCUT2D eigenvalue weighted by atomic mass is 10.3. The van der Waals surface area contributed by atoms with Crippen LogP contribution in [0.3, 0.4) is 0 Å². The van der Waals surface area contributed by atoms with Gasteiger partial charge in [-0.3, -0.25) is 0 Å². The Kier molecular flexibility index (Phi) is 7.76. The largest absolute Gasteiger partial charge is 0.489 e. The molecule has 1 aromatic carbocycles. The second-order valence-corrected chi connectivity index (χ2v) is 6.60. The van der Waals surface area contributed by atoms with Crippen LogP contribution in [0, 0.1) is 0 Å². The number of ether oxygens (including phenoxy) is 1. The summed E-state index contributed by atoms with van der Waals surface area (Å²) >= 11 is 1.67. The first-order chi connectivity index (χ1) is 11.7. The molecule has 2 heterocycles. The van der Waals surface area contributed by atoms with Crippen molar-refractivity contribution < 1.29 is 4.74 Å². The Balaban J connectivity index is 0.00000225. The number of aromatic nitrogens is 1. The third-order valence-electron chi connectivity index (χ3n) is 3.88. The first kappa shape index (κ1) is 19.8. The number of aliphatic imine (C=N–C) groups is 1. The Morgan fingerprint density at radius 1 is 1.28 bits per heavy atom. The number of nitrogens with two attached hydrogens (primary N) is 1. The molecule has 136 valence electrons. The van der Waals surface area contributed by atoms with Crippen LogP contribution in [-0.2, 0) is 0 Å². The molecule has 1 unspecified atom stereocenters. The van der Waals surface area contributed by atoms with Crippen LogP contribution in [0.25, 0.3) is 0 Å². The van der Waals surface area contributed by atoms with Crippen LogP contribution < -0.4 is 15.4 Å². The topological polar surface area (TPSA) is 67.0 Å². The third kappa shape index (κ3) is 5.74. The maximum atomic E-state index is 6.14. The Bertz CT molecular complexity index is 644.